The predicted molar refractivity (Wildman–Crippen MR) is 68.6 cm³/mol. The summed E-state index contributed by atoms with van der Waals surface area (Å²) in [5.41, 5.74) is 5.98. The summed E-state index contributed by atoms with van der Waals surface area (Å²) < 4.78 is 5.35. The molecule has 0 aromatic rings. The summed E-state index contributed by atoms with van der Waals surface area (Å²) in [6.45, 7) is 6.35. The van der Waals surface area contributed by atoms with Crippen molar-refractivity contribution in [2.75, 3.05) is 26.8 Å². The fourth-order valence-electron chi connectivity index (χ4n) is 2.03. The zero-order chi connectivity index (χ0) is 12.8. The lowest BCUT2D eigenvalue weighted by atomic mass is 9.99. The van der Waals surface area contributed by atoms with Crippen molar-refractivity contribution in [2.45, 2.75) is 39.2 Å². The third-order valence-corrected chi connectivity index (χ3v) is 3.54. The number of rotatable bonds is 5. The summed E-state index contributed by atoms with van der Waals surface area (Å²) in [5, 5.41) is 0. The molecule has 2 N–H and O–H groups in total. The van der Waals surface area contributed by atoms with Gasteiger partial charge >= 0.3 is 0 Å². The molecule has 0 spiro atoms. The molecule has 0 radical (unpaired) electrons. The number of carbonyl (C=O) groups excluding carboxylic acids is 1. The van der Waals surface area contributed by atoms with Crippen molar-refractivity contribution in [3.05, 3.63) is 0 Å². The van der Waals surface area contributed by atoms with E-state index in [1.54, 1.807) is 0 Å². The molecular formula is C13H26N2O2. The number of ether oxygens (including phenoxy) is 1. The molecule has 1 fully saturated rings. The Morgan fingerprint density at radius 1 is 1.53 bits per heavy atom. The normalized spacial score (nSPS) is 22.5. The Labute approximate surface area is 104 Å². The van der Waals surface area contributed by atoms with Crippen molar-refractivity contribution in [1.29, 1.82) is 0 Å². The van der Waals surface area contributed by atoms with E-state index in [4.69, 9.17) is 10.5 Å². The summed E-state index contributed by atoms with van der Waals surface area (Å²) in [4.78, 5) is 13.9. The second kappa shape index (κ2) is 6.97. The quantitative estimate of drug-likeness (QED) is 0.789. The third-order valence-electron chi connectivity index (χ3n) is 3.54. The number of hydrogen-bond acceptors (Lipinski definition) is 3. The van der Waals surface area contributed by atoms with E-state index in [1.807, 2.05) is 11.9 Å². The highest BCUT2D eigenvalue weighted by molar-refractivity contribution is 5.78. The number of carbonyl (C=O) groups is 1. The smallest absolute Gasteiger partial charge is 0.227 e. The molecule has 2 atom stereocenters. The number of nitrogens with zero attached hydrogens (tertiary/aromatic N) is 1. The van der Waals surface area contributed by atoms with Crippen molar-refractivity contribution in [3.63, 3.8) is 0 Å². The van der Waals surface area contributed by atoms with Gasteiger partial charge in [-0.2, -0.15) is 0 Å². The second-order valence-electron chi connectivity index (χ2n) is 5.37. The third kappa shape index (κ3) is 4.64. The van der Waals surface area contributed by atoms with E-state index >= 15 is 0 Å². The first-order chi connectivity index (χ1) is 8.02. The Bertz CT molecular complexity index is 238. The fraction of sp³-hybridized carbons (Fsp3) is 0.923. The molecule has 1 saturated heterocycles. The van der Waals surface area contributed by atoms with Crippen LogP contribution in [-0.2, 0) is 9.53 Å². The van der Waals surface area contributed by atoms with Gasteiger partial charge in [-0.25, -0.2) is 0 Å². The fourth-order valence-corrected chi connectivity index (χ4v) is 2.03. The maximum Gasteiger partial charge on any atom is 0.227 e. The molecule has 100 valence electrons. The van der Waals surface area contributed by atoms with Crippen LogP contribution in [0.1, 0.15) is 33.1 Å². The van der Waals surface area contributed by atoms with E-state index in [1.165, 1.54) is 0 Å². The summed E-state index contributed by atoms with van der Waals surface area (Å²) >= 11 is 0. The average Bonchev–Trinajstić information content (AvgIpc) is 2.35. The van der Waals surface area contributed by atoms with Crippen LogP contribution in [0.15, 0.2) is 0 Å². The summed E-state index contributed by atoms with van der Waals surface area (Å²) in [6.07, 6.45) is 2.82. The highest BCUT2D eigenvalue weighted by Crippen LogP contribution is 2.16. The maximum atomic E-state index is 12.1. The van der Waals surface area contributed by atoms with Gasteiger partial charge in [-0.15, -0.1) is 0 Å². The van der Waals surface area contributed by atoms with Gasteiger partial charge in [0.05, 0.1) is 12.5 Å². The number of nitrogens with two attached hydrogens (primary N) is 1. The van der Waals surface area contributed by atoms with Crippen molar-refractivity contribution in [3.8, 4) is 0 Å². The molecule has 4 nitrogen and oxygen atoms in total. The monoisotopic (exact) mass is 242 g/mol. The van der Waals surface area contributed by atoms with Crippen LogP contribution in [0.5, 0.6) is 0 Å². The van der Waals surface area contributed by atoms with Crippen molar-refractivity contribution >= 4 is 5.91 Å². The van der Waals surface area contributed by atoms with Crippen LogP contribution in [0, 0.1) is 11.8 Å². The number of hydrogen-bond donors (Lipinski definition) is 1. The first kappa shape index (κ1) is 14.5. The Morgan fingerprint density at radius 2 is 2.24 bits per heavy atom. The molecule has 1 amide bonds. The van der Waals surface area contributed by atoms with E-state index in [9.17, 15) is 4.79 Å². The lowest BCUT2D eigenvalue weighted by molar-refractivity contribution is -0.138. The maximum absolute atomic E-state index is 12.1. The van der Waals surface area contributed by atoms with Crippen LogP contribution in [0.25, 0.3) is 0 Å². The average molecular weight is 242 g/mol. The van der Waals surface area contributed by atoms with Crippen LogP contribution >= 0.6 is 0 Å². The first-order valence-corrected chi connectivity index (χ1v) is 6.60. The molecular weight excluding hydrogens is 216 g/mol. The van der Waals surface area contributed by atoms with Gasteiger partial charge in [0.1, 0.15) is 0 Å². The summed E-state index contributed by atoms with van der Waals surface area (Å²) in [6, 6.07) is 0.174. The largest absolute Gasteiger partial charge is 0.381 e. The van der Waals surface area contributed by atoms with Gasteiger partial charge in [0, 0.05) is 26.2 Å². The minimum Gasteiger partial charge on any atom is -0.381 e. The lowest BCUT2D eigenvalue weighted by Crippen LogP contribution is -2.40. The van der Waals surface area contributed by atoms with Gasteiger partial charge in [-0.05, 0) is 25.2 Å². The highest BCUT2D eigenvalue weighted by atomic mass is 16.5. The van der Waals surface area contributed by atoms with Crippen LogP contribution < -0.4 is 5.73 Å². The molecule has 0 bridgehead atoms. The zero-order valence-corrected chi connectivity index (χ0v) is 11.3. The van der Waals surface area contributed by atoms with Crippen LogP contribution in [0.2, 0.25) is 0 Å². The minimum absolute atomic E-state index is 0.0593. The molecule has 0 aromatic heterocycles. The molecule has 1 aliphatic heterocycles. The Morgan fingerprint density at radius 3 is 2.76 bits per heavy atom. The van der Waals surface area contributed by atoms with E-state index in [2.05, 4.69) is 13.8 Å². The highest BCUT2D eigenvalue weighted by Gasteiger charge is 2.24. The molecule has 4 heteroatoms. The van der Waals surface area contributed by atoms with Crippen LogP contribution in [0.3, 0.4) is 0 Å². The topological polar surface area (TPSA) is 55.6 Å². The standard InChI is InChI=1S/C13H26N2O2/c1-10(2)12(14)6-7-15(3)13(16)11-5-4-8-17-9-11/h10-12H,4-9,14H2,1-3H3. The van der Waals surface area contributed by atoms with Gasteiger partial charge < -0.3 is 15.4 Å². The Hall–Kier alpha value is -0.610. The van der Waals surface area contributed by atoms with Crippen molar-refractivity contribution in [2.24, 2.45) is 17.6 Å². The molecule has 2 unspecified atom stereocenters. The van der Waals surface area contributed by atoms with E-state index in [-0.39, 0.29) is 17.9 Å². The molecule has 17 heavy (non-hydrogen) atoms. The van der Waals surface area contributed by atoms with E-state index < -0.39 is 0 Å². The summed E-state index contributed by atoms with van der Waals surface area (Å²) in [5.74, 6) is 0.737. The van der Waals surface area contributed by atoms with Gasteiger partial charge in [0.25, 0.3) is 0 Å². The molecule has 1 rings (SSSR count). The molecule has 1 heterocycles. The predicted octanol–water partition coefficient (Wildman–Crippen LogP) is 1.24. The number of amides is 1. The Kier molecular flexibility index (Phi) is 5.92. The minimum atomic E-state index is 0.0593. The Balaban J connectivity index is 2.30. The second-order valence-corrected chi connectivity index (χ2v) is 5.37. The van der Waals surface area contributed by atoms with Crippen molar-refractivity contribution < 1.29 is 9.53 Å². The lowest BCUT2D eigenvalue weighted by Gasteiger charge is -2.27. The van der Waals surface area contributed by atoms with Crippen LogP contribution in [0.4, 0.5) is 0 Å². The first-order valence-electron chi connectivity index (χ1n) is 6.60. The van der Waals surface area contributed by atoms with E-state index in [0.717, 1.165) is 32.4 Å². The van der Waals surface area contributed by atoms with E-state index in [0.29, 0.717) is 12.5 Å². The van der Waals surface area contributed by atoms with Gasteiger partial charge in [0.2, 0.25) is 5.91 Å². The van der Waals surface area contributed by atoms with Gasteiger partial charge in [0.15, 0.2) is 0 Å². The molecule has 0 saturated carbocycles. The van der Waals surface area contributed by atoms with Gasteiger partial charge in [-0.1, -0.05) is 13.8 Å². The van der Waals surface area contributed by atoms with Crippen molar-refractivity contribution in [1.82, 2.24) is 4.90 Å². The molecule has 0 aromatic carbocycles. The summed E-state index contributed by atoms with van der Waals surface area (Å²) in [7, 11) is 1.87. The van der Waals surface area contributed by atoms with Crippen LogP contribution in [-0.4, -0.2) is 43.7 Å². The SMILES string of the molecule is CC(C)C(N)CCN(C)C(=O)C1CCCOC1. The zero-order valence-electron chi connectivity index (χ0n) is 11.3. The molecule has 0 aliphatic carbocycles. The molecule has 1 aliphatic rings. The van der Waals surface area contributed by atoms with Gasteiger partial charge in [-0.3, -0.25) is 4.79 Å².